The van der Waals surface area contributed by atoms with Crippen LogP contribution in [0.5, 0.6) is 0 Å². The van der Waals surface area contributed by atoms with Gasteiger partial charge in [-0.15, -0.1) is 0 Å². The summed E-state index contributed by atoms with van der Waals surface area (Å²) in [7, 11) is 0. The highest BCUT2D eigenvalue weighted by molar-refractivity contribution is 5.90. The number of halogens is 1. The van der Waals surface area contributed by atoms with Crippen molar-refractivity contribution in [3.8, 4) is 11.1 Å². The van der Waals surface area contributed by atoms with E-state index in [4.69, 9.17) is 0 Å². The lowest BCUT2D eigenvalue weighted by Crippen LogP contribution is -2.03. The first kappa shape index (κ1) is 11.3. The maximum absolute atomic E-state index is 11.8. The second-order valence-corrected chi connectivity index (χ2v) is 3.48. The lowest BCUT2D eigenvalue weighted by atomic mass is 10.0. The fourth-order valence-electron chi connectivity index (χ4n) is 1.56. The molecule has 0 spiro atoms. The predicted molar refractivity (Wildman–Crippen MR) is 63.3 cm³/mol. The van der Waals surface area contributed by atoms with Crippen LogP contribution in [0.25, 0.3) is 11.1 Å². The molecule has 86 valence electrons. The Kier molecular flexibility index (Phi) is 3.50. The molecule has 0 radical (unpaired) electrons. The van der Waals surface area contributed by atoms with Crippen molar-refractivity contribution in [3.63, 3.8) is 0 Å². The van der Waals surface area contributed by atoms with Gasteiger partial charge in [0.1, 0.15) is 0 Å². The van der Waals surface area contributed by atoms with Gasteiger partial charge in [-0.2, -0.15) is 0 Å². The van der Waals surface area contributed by atoms with Crippen LogP contribution in [0, 0.1) is 0 Å². The monoisotopic (exact) mass is 230 g/mol. The van der Waals surface area contributed by atoms with Crippen LogP contribution in [0.3, 0.4) is 0 Å². The maximum Gasteiger partial charge on any atom is 0.340 e. The Morgan fingerprint density at radius 2 is 1.53 bits per heavy atom. The summed E-state index contributed by atoms with van der Waals surface area (Å²) in [4.78, 5) is 11.2. The van der Waals surface area contributed by atoms with Crippen molar-refractivity contribution >= 4 is 5.97 Å². The number of ether oxygens (including phenoxy) is 1. The van der Waals surface area contributed by atoms with E-state index in [2.05, 4.69) is 4.74 Å². The van der Waals surface area contributed by atoms with Crippen molar-refractivity contribution in [2.24, 2.45) is 0 Å². The van der Waals surface area contributed by atoms with Gasteiger partial charge in [0.25, 0.3) is 0 Å². The Morgan fingerprint density at radius 1 is 0.941 bits per heavy atom. The summed E-state index contributed by atoms with van der Waals surface area (Å²) in [5.41, 5.74) is 2.42. The van der Waals surface area contributed by atoms with Crippen LogP contribution >= 0.6 is 0 Å². The third-order valence-electron chi connectivity index (χ3n) is 2.41. The molecule has 2 nitrogen and oxygen atoms in total. The van der Waals surface area contributed by atoms with E-state index in [0.29, 0.717) is 5.56 Å². The Bertz CT molecular complexity index is 491. The largest absolute Gasteiger partial charge is 0.430 e. The number of alkyl halides is 1. The van der Waals surface area contributed by atoms with Gasteiger partial charge in [-0.25, -0.2) is 9.18 Å². The molecule has 0 heterocycles. The molecule has 0 atom stereocenters. The van der Waals surface area contributed by atoms with E-state index in [-0.39, 0.29) is 0 Å². The van der Waals surface area contributed by atoms with Gasteiger partial charge in [-0.05, 0) is 23.3 Å². The summed E-state index contributed by atoms with van der Waals surface area (Å²) in [5.74, 6) is -0.646. The van der Waals surface area contributed by atoms with Gasteiger partial charge in [0, 0.05) is 0 Å². The summed E-state index contributed by atoms with van der Waals surface area (Å²) in [6, 6.07) is 16.7. The molecule has 0 N–H and O–H groups in total. The molecule has 0 saturated carbocycles. The molecule has 0 fully saturated rings. The third-order valence-corrected chi connectivity index (χ3v) is 2.41. The average Bonchev–Trinajstić information content (AvgIpc) is 2.40. The Hall–Kier alpha value is -2.16. The molecule has 0 saturated heterocycles. The van der Waals surface area contributed by atoms with Gasteiger partial charge < -0.3 is 4.74 Å². The van der Waals surface area contributed by atoms with Crippen molar-refractivity contribution in [1.29, 1.82) is 0 Å². The predicted octanol–water partition coefficient (Wildman–Crippen LogP) is 3.44. The Balaban J connectivity index is 2.22. The quantitative estimate of drug-likeness (QED) is 0.755. The van der Waals surface area contributed by atoms with Crippen molar-refractivity contribution in [2.75, 3.05) is 6.86 Å². The highest BCUT2D eigenvalue weighted by Crippen LogP contribution is 2.19. The number of benzene rings is 2. The fraction of sp³-hybridized carbons (Fsp3) is 0.0714. The van der Waals surface area contributed by atoms with Gasteiger partial charge in [-0.3, -0.25) is 0 Å². The van der Waals surface area contributed by atoms with Crippen LogP contribution in [0.2, 0.25) is 0 Å². The van der Waals surface area contributed by atoms with E-state index >= 15 is 0 Å². The van der Waals surface area contributed by atoms with E-state index in [0.717, 1.165) is 11.1 Å². The second kappa shape index (κ2) is 5.25. The average molecular weight is 230 g/mol. The van der Waals surface area contributed by atoms with Gasteiger partial charge >= 0.3 is 5.97 Å². The smallest absolute Gasteiger partial charge is 0.340 e. The molecule has 2 aromatic rings. The van der Waals surface area contributed by atoms with Crippen LogP contribution in [-0.4, -0.2) is 12.8 Å². The Labute approximate surface area is 98.7 Å². The summed E-state index contributed by atoms with van der Waals surface area (Å²) in [6.07, 6.45) is 0. The maximum atomic E-state index is 11.8. The van der Waals surface area contributed by atoms with E-state index in [1.54, 1.807) is 12.1 Å². The van der Waals surface area contributed by atoms with Crippen LogP contribution in [0.4, 0.5) is 4.39 Å². The number of hydrogen-bond acceptors (Lipinski definition) is 2. The number of hydrogen-bond donors (Lipinski definition) is 0. The first-order chi connectivity index (χ1) is 8.31. The lowest BCUT2D eigenvalue weighted by molar-refractivity contribution is 0.0324. The highest BCUT2D eigenvalue weighted by Gasteiger charge is 2.06. The topological polar surface area (TPSA) is 26.3 Å². The third kappa shape index (κ3) is 2.69. The highest BCUT2D eigenvalue weighted by atomic mass is 19.1. The van der Waals surface area contributed by atoms with Crippen LogP contribution in [-0.2, 0) is 4.74 Å². The zero-order valence-corrected chi connectivity index (χ0v) is 9.10. The zero-order chi connectivity index (χ0) is 12.1. The minimum atomic E-state index is -1.10. The molecule has 0 aromatic heterocycles. The lowest BCUT2D eigenvalue weighted by Gasteiger charge is -2.03. The van der Waals surface area contributed by atoms with Gasteiger partial charge in [0.05, 0.1) is 5.56 Å². The molecule has 0 aliphatic heterocycles. The minimum Gasteiger partial charge on any atom is -0.430 e. The first-order valence-electron chi connectivity index (χ1n) is 5.20. The molecule has 0 aliphatic rings. The van der Waals surface area contributed by atoms with Gasteiger partial charge in [-0.1, -0.05) is 42.5 Å². The standard InChI is InChI=1S/C14H11FO2/c15-10-17-14(16)13-8-6-12(7-9-13)11-4-2-1-3-5-11/h1-9H,10H2. The zero-order valence-electron chi connectivity index (χ0n) is 9.10. The number of esters is 1. The number of rotatable bonds is 3. The molecule has 17 heavy (non-hydrogen) atoms. The van der Waals surface area contributed by atoms with Crippen LogP contribution in [0.1, 0.15) is 10.4 Å². The number of carbonyl (C=O) groups is 1. The first-order valence-corrected chi connectivity index (χ1v) is 5.20. The molecule has 2 rings (SSSR count). The van der Waals surface area contributed by atoms with E-state index in [1.807, 2.05) is 42.5 Å². The van der Waals surface area contributed by atoms with E-state index < -0.39 is 12.8 Å². The molecule has 3 heteroatoms. The Morgan fingerprint density at radius 3 is 2.12 bits per heavy atom. The normalized spacial score (nSPS) is 9.94. The molecule has 0 bridgehead atoms. The molecular formula is C14H11FO2. The minimum absolute atomic E-state index is 0.349. The van der Waals surface area contributed by atoms with E-state index in [1.165, 1.54) is 0 Å². The van der Waals surface area contributed by atoms with Crippen molar-refractivity contribution in [2.45, 2.75) is 0 Å². The van der Waals surface area contributed by atoms with Gasteiger partial charge in [0.15, 0.2) is 0 Å². The fourth-order valence-corrected chi connectivity index (χ4v) is 1.56. The SMILES string of the molecule is O=C(OCF)c1ccc(-c2ccccc2)cc1. The summed E-state index contributed by atoms with van der Waals surface area (Å²) < 4.78 is 16.1. The molecule has 0 unspecified atom stereocenters. The van der Waals surface area contributed by atoms with E-state index in [9.17, 15) is 9.18 Å². The summed E-state index contributed by atoms with van der Waals surface area (Å²) in [6.45, 7) is -1.10. The molecule has 0 aliphatic carbocycles. The summed E-state index contributed by atoms with van der Waals surface area (Å²) in [5, 5.41) is 0. The van der Waals surface area contributed by atoms with Crippen LogP contribution in [0.15, 0.2) is 54.6 Å². The van der Waals surface area contributed by atoms with Gasteiger partial charge in [0.2, 0.25) is 6.86 Å². The number of carbonyl (C=O) groups excluding carboxylic acids is 1. The summed E-state index contributed by atoms with van der Waals surface area (Å²) >= 11 is 0. The second-order valence-electron chi connectivity index (χ2n) is 3.48. The van der Waals surface area contributed by atoms with Crippen molar-refractivity contribution in [1.82, 2.24) is 0 Å². The van der Waals surface area contributed by atoms with Crippen molar-refractivity contribution in [3.05, 3.63) is 60.2 Å². The molecule has 0 amide bonds. The van der Waals surface area contributed by atoms with Crippen molar-refractivity contribution < 1.29 is 13.9 Å². The van der Waals surface area contributed by atoms with Crippen LogP contribution < -0.4 is 0 Å². The molecule has 2 aromatic carbocycles. The molecular weight excluding hydrogens is 219 g/mol.